The molecule has 2 aromatic rings. The molecule has 0 atom stereocenters. The first kappa shape index (κ1) is 11.3. The molecule has 1 aromatic carbocycles. The standard InChI is InChI=1S/C13H9BrOS/c14-11-4-1-3-10(9-11)6-7-12(15)13-5-2-8-16-13/h1-9H/b7-6+. The molecule has 1 nitrogen and oxygen atoms in total. The zero-order valence-corrected chi connectivity index (χ0v) is 10.8. The Labute approximate surface area is 107 Å². The lowest BCUT2D eigenvalue weighted by Crippen LogP contribution is -1.88. The van der Waals surface area contributed by atoms with Crippen LogP contribution in [0.5, 0.6) is 0 Å². The average Bonchev–Trinajstić information content (AvgIpc) is 2.79. The Morgan fingerprint density at radius 1 is 1.25 bits per heavy atom. The molecule has 0 fully saturated rings. The van der Waals surface area contributed by atoms with E-state index < -0.39 is 0 Å². The molecule has 0 amide bonds. The minimum atomic E-state index is 0.0509. The number of thiophene rings is 1. The van der Waals surface area contributed by atoms with Crippen LogP contribution in [0.25, 0.3) is 6.08 Å². The fraction of sp³-hybridized carbons (Fsp3) is 0. The van der Waals surface area contributed by atoms with E-state index in [0.29, 0.717) is 0 Å². The number of hydrogen-bond acceptors (Lipinski definition) is 2. The van der Waals surface area contributed by atoms with Crippen LogP contribution in [0.2, 0.25) is 0 Å². The van der Waals surface area contributed by atoms with Gasteiger partial charge in [0.05, 0.1) is 4.88 Å². The van der Waals surface area contributed by atoms with Gasteiger partial charge in [0.1, 0.15) is 0 Å². The molecule has 0 unspecified atom stereocenters. The summed E-state index contributed by atoms with van der Waals surface area (Å²) in [6.45, 7) is 0. The lowest BCUT2D eigenvalue weighted by atomic mass is 10.2. The van der Waals surface area contributed by atoms with Gasteiger partial charge < -0.3 is 0 Å². The van der Waals surface area contributed by atoms with Gasteiger partial charge in [-0.1, -0.05) is 40.2 Å². The second kappa shape index (κ2) is 5.23. The lowest BCUT2D eigenvalue weighted by molar-refractivity contribution is 0.105. The van der Waals surface area contributed by atoms with Crippen molar-refractivity contribution in [2.24, 2.45) is 0 Å². The van der Waals surface area contributed by atoms with Crippen molar-refractivity contribution in [1.29, 1.82) is 0 Å². The molecule has 0 aliphatic carbocycles. The average molecular weight is 293 g/mol. The van der Waals surface area contributed by atoms with Crippen molar-refractivity contribution in [2.45, 2.75) is 0 Å². The topological polar surface area (TPSA) is 17.1 Å². The molecule has 2 rings (SSSR count). The van der Waals surface area contributed by atoms with E-state index in [1.807, 2.05) is 47.9 Å². The van der Waals surface area contributed by atoms with Gasteiger partial charge in [0.15, 0.2) is 5.78 Å². The van der Waals surface area contributed by atoms with Gasteiger partial charge in [-0.3, -0.25) is 4.79 Å². The van der Waals surface area contributed by atoms with Crippen LogP contribution in [0.15, 0.2) is 52.3 Å². The maximum atomic E-state index is 11.7. The quantitative estimate of drug-likeness (QED) is 0.605. The van der Waals surface area contributed by atoms with E-state index in [0.717, 1.165) is 14.9 Å². The first-order valence-corrected chi connectivity index (χ1v) is 6.44. The first-order chi connectivity index (χ1) is 7.75. The molecule has 0 radical (unpaired) electrons. The van der Waals surface area contributed by atoms with Crippen LogP contribution in [0, 0.1) is 0 Å². The molecule has 0 bridgehead atoms. The lowest BCUT2D eigenvalue weighted by Gasteiger charge is -1.93. The fourth-order valence-electron chi connectivity index (χ4n) is 1.28. The Bertz CT molecular complexity index is 514. The maximum Gasteiger partial charge on any atom is 0.195 e. The van der Waals surface area contributed by atoms with Crippen LogP contribution < -0.4 is 0 Å². The molecule has 0 N–H and O–H groups in total. The van der Waals surface area contributed by atoms with Crippen molar-refractivity contribution in [1.82, 2.24) is 0 Å². The Hall–Kier alpha value is -1.19. The Kier molecular flexibility index (Phi) is 3.70. The van der Waals surface area contributed by atoms with Gasteiger partial charge in [0.2, 0.25) is 0 Å². The minimum absolute atomic E-state index is 0.0509. The number of hydrogen-bond donors (Lipinski definition) is 0. The molecule has 0 aliphatic heterocycles. The Morgan fingerprint density at radius 3 is 2.81 bits per heavy atom. The van der Waals surface area contributed by atoms with E-state index in [9.17, 15) is 4.79 Å². The summed E-state index contributed by atoms with van der Waals surface area (Å²) in [7, 11) is 0. The second-order valence-corrected chi connectivity index (χ2v) is 5.09. The van der Waals surface area contributed by atoms with Crippen molar-refractivity contribution < 1.29 is 4.79 Å². The van der Waals surface area contributed by atoms with E-state index in [1.165, 1.54) is 11.3 Å². The molecule has 1 aromatic heterocycles. The normalized spacial score (nSPS) is 10.8. The third kappa shape index (κ3) is 2.90. The molecule has 80 valence electrons. The third-order valence-electron chi connectivity index (χ3n) is 2.04. The summed E-state index contributed by atoms with van der Waals surface area (Å²) >= 11 is 4.85. The summed E-state index contributed by atoms with van der Waals surface area (Å²) < 4.78 is 1.01. The highest BCUT2D eigenvalue weighted by atomic mass is 79.9. The number of allylic oxidation sites excluding steroid dienone is 1. The predicted octanol–water partition coefficient (Wildman–Crippen LogP) is 4.41. The zero-order chi connectivity index (χ0) is 11.4. The Morgan fingerprint density at radius 2 is 2.12 bits per heavy atom. The van der Waals surface area contributed by atoms with E-state index in [1.54, 1.807) is 6.08 Å². The molecular weight excluding hydrogens is 284 g/mol. The largest absolute Gasteiger partial charge is 0.288 e. The Balaban J connectivity index is 2.13. The fourth-order valence-corrected chi connectivity index (χ4v) is 2.35. The molecule has 1 heterocycles. The molecule has 0 spiro atoms. The maximum absolute atomic E-state index is 11.7. The highest BCUT2D eigenvalue weighted by molar-refractivity contribution is 9.10. The predicted molar refractivity (Wildman–Crippen MR) is 71.8 cm³/mol. The summed E-state index contributed by atoms with van der Waals surface area (Å²) in [6, 6.07) is 11.5. The van der Waals surface area contributed by atoms with Gasteiger partial charge >= 0.3 is 0 Å². The molecule has 0 saturated heterocycles. The van der Waals surface area contributed by atoms with Gasteiger partial charge in [-0.15, -0.1) is 11.3 Å². The number of carbonyl (C=O) groups is 1. The van der Waals surface area contributed by atoms with E-state index in [4.69, 9.17) is 0 Å². The number of rotatable bonds is 3. The van der Waals surface area contributed by atoms with Crippen LogP contribution in [0.4, 0.5) is 0 Å². The summed E-state index contributed by atoms with van der Waals surface area (Å²) in [6.07, 6.45) is 3.43. The van der Waals surface area contributed by atoms with Gasteiger partial charge in [-0.05, 0) is 35.2 Å². The second-order valence-electron chi connectivity index (χ2n) is 3.23. The third-order valence-corrected chi connectivity index (χ3v) is 3.42. The highest BCUT2D eigenvalue weighted by Gasteiger charge is 2.01. The molecular formula is C13H9BrOS. The number of ketones is 1. The number of halogens is 1. The van der Waals surface area contributed by atoms with Crippen LogP contribution in [0.3, 0.4) is 0 Å². The van der Waals surface area contributed by atoms with Gasteiger partial charge in [-0.2, -0.15) is 0 Å². The van der Waals surface area contributed by atoms with Crippen molar-refractivity contribution in [3.05, 3.63) is 62.8 Å². The number of benzene rings is 1. The monoisotopic (exact) mass is 292 g/mol. The smallest absolute Gasteiger partial charge is 0.195 e. The molecule has 3 heteroatoms. The molecule has 0 saturated carbocycles. The van der Waals surface area contributed by atoms with Crippen LogP contribution >= 0.6 is 27.3 Å². The van der Waals surface area contributed by atoms with Crippen molar-refractivity contribution in [2.75, 3.05) is 0 Å². The van der Waals surface area contributed by atoms with E-state index in [-0.39, 0.29) is 5.78 Å². The van der Waals surface area contributed by atoms with Crippen LogP contribution in [-0.2, 0) is 0 Å². The van der Waals surface area contributed by atoms with Crippen LogP contribution in [0.1, 0.15) is 15.2 Å². The molecule has 0 aliphatic rings. The zero-order valence-electron chi connectivity index (χ0n) is 8.39. The van der Waals surface area contributed by atoms with Gasteiger partial charge in [0, 0.05) is 4.47 Å². The minimum Gasteiger partial charge on any atom is -0.288 e. The van der Waals surface area contributed by atoms with E-state index >= 15 is 0 Å². The van der Waals surface area contributed by atoms with Crippen molar-refractivity contribution >= 4 is 39.1 Å². The SMILES string of the molecule is O=C(/C=C/c1cccc(Br)c1)c1cccs1. The van der Waals surface area contributed by atoms with Crippen molar-refractivity contribution in [3.63, 3.8) is 0 Å². The summed E-state index contributed by atoms with van der Waals surface area (Å²) in [5.74, 6) is 0.0509. The van der Waals surface area contributed by atoms with Crippen LogP contribution in [-0.4, -0.2) is 5.78 Å². The first-order valence-electron chi connectivity index (χ1n) is 4.77. The van der Waals surface area contributed by atoms with Gasteiger partial charge in [-0.25, -0.2) is 0 Å². The summed E-state index contributed by atoms with van der Waals surface area (Å²) in [5.41, 5.74) is 1.01. The van der Waals surface area contributed by atoms with Crippen molar-refractivity contribution in [3.8, 4) is 0 Å². The summed E-state index contributed by atoms with van der Waals surface area (Å²) in [4.78, 5) is 12.4. The summed E-state index contributed by atoms with van der Waals surface area (Å²) in [5, 5.41) is 1.90. The van der Waals surface area contributed by atoms with E-state index in [2.05, 4.69) is 15.9 Å². The number of carbonyl (C=O) groups excluding carboxylic acids is 1. The highest BCUT2D eigenvalue weighted by Crippen LogP contribution is 2.14. The van der Waals surface area contributed by atoms with Gasteiger partial charge in [0.25, 0.3) is 0 Å². The molecule has 16 heavy (non-hydrogen) atoms.